The zero-order valence-corrected chi connectivity index (χ0v) is 46.9. The highest BCUT2D eigenvalue weighted by molar-refractivity contribution is 6.25. The number of nitriles is 2. The summed E-state index contributed by atoms with van der Waals surface area (Å²) in [6, 6.07) is 98.9. The minimum absolute atomic E-state index is 0.286. The monoisotopic (exact) mass is 1120 g/mol. The zero-order valence-electron chi connectivity index (χ0n) is 46.9. The van der Waals surface area contributed by atoms with Crippen LogP contribution in [0.25, 0.3) is 176 Å². The van der Waals surface area contributed by atoms with Gasteiger partial charge in [-0.05, 0) is 95.1 Å². The molecule has 0 saturated carbocycles. The van der Waals surface area contributed by atoms with Crippen LogP contribution in [0.1, 0.15) is 11.1 Å². The number of aromatic nitrogens is 4. The predicted molar refractivity (Wildman–Crippen MR) is 359 cm³/mol. The van der Waals surface area contributed by atoms with Gasteiger partial charge in [0.05, 0.1) is 66.9 Å². The number of benzene rings is 13. The molecule has 0 atom stereocenters. The van der Waals surface area contributed by atoms with Crippen molar-refractivity contribution in [2.45, 2.75) is 0 Å². The molecule has 8 nitrogen and oxygen atoms in total. The molecule has 0 saturated heterocycles. The number of furan rings is 2. The van der Waals surface area contributed by atoms with Crippen molar-refractivity contribution < 1.29 is 8.83 Å². The maximum Gasteiger partial charge on any atom is 0.160 e. The van der Waals surface area contributed by atoms with E-state index < -0.39 is 0 Å². The highest BCUT2D eigenvalue weighted by Gasteiger charge is 2.36. The third-order valence-corrected chi connectivity index (χ3v) is 18.4. The summed E-state index contributed by atoms with van der Waals surface area (Å²) < 4.78 is 23.4. The Balaban J connectivity index is 1.12. The number of hydrogen-bond donors (Lipinski definition) is 0. The van der Waals surface area contributed by atoms with E-state index in [1.807, 2.05) is 42.5 Å². The van der Waals surface area contributed by atoms with E-state index in [0.29, 0.717) is 33.9 Å². The molecule has 0 unspecified atom stereocenters. The van der Waals surface area contributed by atoms with Crippen LogP contribution < -0.4 is 0 Å². The SMILES string of the molecule is N#Cc1c(-n2c3ccccc3c3ccccc32)c(-n2c3ccc(-c4ccccc4)cc3c3ccc4c5ccccc5oc4c32)c(-n2c3ccccc3c3ccccc32)c(C#N)c1-n1c2ccc(-c3ccccc3)cc2c2ccc3c4ccccc4oc3c21. The Bertz CT molecular complexity index is 6070. The average molecular weight is 1120 g/mol. The van der Waals surface area contributed by atoms with Crippen molar-refractivity contribution in [3.63, 3.8) is 0 Å². The van der Waals surface area contributed by atoms with E-state index >= 15 is 0 Å². The molecule has 19 aromatic rings. The molecule has 0 aliphatic rings. The molecule has 0 bridgehead atoms. The Morgan fingerprint density at radius 2 is 0.568 bits per heavy atom. The molecule has 406 valence electrons. The summed E-state index contributed by atoms with van der Waals surface area (Å²) in [7, 11) is 0. The fourth-order valence-electron chi connectivity index (χ4n) is 14.8. The fourth-order valence-corrected chi connectivity index (χ4v) is 14.8. The van der Waals surface area contributed by atoms with E-state index in [4.69, 9.17) is 8.83 Å². The van der Waals surface area contributed by atoms with Gasteiger partial charge in [-0.2, -0.15) is 10.5 Å². The van der Waals surface area contributed by atoms with E-state index in [9.17, 15) is 10.5 Å². The lowest BCUT2D eigenvalue weighted by atomic mass is 9.98. The van der Waals surface area contributed by atoms with E-state index in [2.05, 4.69) is 255 Å². The van der Waals surface area contributed by atoms with E-state index in [1.54, 1.807) is 0 Å². The van der Waals surface area contributed by atoms with Gasteiger partial charge in [0.15, 0.2) is 11.2 Å². The van der Waals surface area contributed by atoms with Crippen LogP contribution in [0.15, 0.2) is 276 Å². The maximum absolute atomic E-state index is 13.0. The molecular weight excluding hydrogens is 1080 g/mol. The van der Waals surface area contributed by atoms with Gasteiger partial charge in [0.25, 0.3) is 0 Å². The van der Waals surface area contributed by atoms with E-state index in [1.165, 1.54) is 0 Å². The van der Waals surface area contributed by atoms with Crippen LogP contribution in [0.2, 0.25) is 0 Å². The van der Waals surface area contributed by atoms with Gasteiger partial charge in [-0.15, -0.1) is 0 Å². The van der Waals surface area contributed by atoms with Gasteiger partial charge < -0.3 is 27.1 Å². The molecular formula is C80H44N6O2. The van der Waals surface area contributed by atoms with Gasteiger partial charge in [-0.25, -0.2) is 0 Å². The Morgan fingerprint density at radius 1 is 0.239 bits per heavy atom. The van der Waals surface area contributed by atoms with Crippen LogP contribution in [0.5, 0.6) is 0 Å². The molecule has 0 spiro atoms. The van der Waals surface area contributed by atoms with Gasteiger partial charge in [0, 0.05) is 64.6 Å². The lowest BCUT2D eigenvalue weighted by Gasteiger charge is -2.27. The Kier molecular flexibility index (Phi) is 9.87. The molecule has 0 aliphatic carbocycles. The fraction of sp³-hybridized carbons (Fsp3) is 0. The standard InChI is InChI=1S/C80H44N6O2/c81-45-63-73(85-69-41-35-49(47-19-3-1-4-20-47)43-61(69)57-37-39-59-55-27-11-17-33-71(55)87-79(59)76(57)85)64(46-82)75(84-67-31-15-9-25-53(67)54-26-10-16-32-68(54)84)78(74(63)83-65-29-13-7-23-51(65)52-24-8-14-30-66(52)83)86-70-42-36-50(48-21-5-2-6-22-48)44-62(70)58-38-40-60-56-28-12-18-34-72(56)88-80(60)77(58)86/h1-44H. The van der Waals surface area contributed by atoms with Crippen LogP contribution >= 0.6 is 0 Å². The Labute approximate surface area is 501 Å². The Morgan fingerprint density at radius 3 is 0.966 bits per heavy atom. The summed E-state index contributed by atoms with van der Waals surface area (Å²) >= 11 is 0. The molecule has 88 heavy (non-hydrogen) atoms. The van der Waals surface area contributed by atoms with Crippen LogP contribution in [0, 0.1) is 22.7 Å². The third-order valence-electron chi connectivity index (χ3n) is 18.4. The van der Waals surface area contributed by atoms with Gasteiger partial charge in [0.2, 0.25) is 0 Å². The summed E-state index contributed by atoms with van der Waals surface area (Å²) in [6.07, 6.45) is 0. The summed E-state index contributed by atoms with van der Waals surface area (Å²) in [4.78, 5) is 0. The summed E-state index contributed by atoms with van der Waals surface area (Å²) in [5, 5.41) is 37.7. The van der Waals surface area contributed by atoms with Crippen molar-refractivity contribution in [1.82, 2.24) is 18.3 Å². The van der Waals surface area contributed by atoms with Gasteiger partial charge >= 0.3 is 0 Å². The summed E-state index contributed by atoms with van der Waals surface area (Å²) in [5.41, 5.74) is 16.6. The minimum Gasteiger partial charge on any atom is -0.454 e. The van der Waals surface area contributed by atoms with Crippen molar-refractivity contribution in [2.24, 2.45) is 0 Å². The second-order valence-electron chi connectivity index (χ2n) is 22.8. The quantitative estimate of drug-likeness (QED) is 0.166. The second-order valence-corrected chi connectivity index (χ2v) is 22.8. The molecule has 0 amide bonds. The molecule has 0 fully saturated rings. The van der Waals surface area contributed by atoms with Crippen molar-refractivity contribution in [3.05, 3.63) is 278 Å². The first-order chi connectivity index (χ1) is 43.6. The van der Waals surface area contributed by atoms with Crippen LogP contribution in [-0.4, -0.2) is 18.3 Å². The van der Waals surface area contributed by atoms with Crippen molar-refractivity contribution in [3.8, 4) is 57.1 Å². The molecule has 0 N–H and O–H groups in total. The third kappa shape index (κ3) is 6.44. The number of nitrogens with zero attached hydrogens (tertiary/aromatic N) is 6. The van der Waals surface area contributed by atoms with Gasteiger partial charge in [-0.1, -0.05) is 194 Å². The second kappa shape index (κ2) is 18.1. The van der Waals surface area contributed by atoms with E-state index in [-0.39, 0.29) is 11.1 Å². The smallest absolute Gasteiger partial charge is 0.160 e. The van der Waals surface area contributed by atoms with E-state index in [0.717, 1.165) is 142 Å². The summed E-state index contributed by atoms with van der Waals surface area (Å²) in [5.74, 6) is 0. The zero-order chi connectivity index (χ0) is 57.9. The minimum atomic E-state index is 0.286. The van der Waals surface area contributed by atoms with Crippen LogP contribution in [-0.2, 0) is 0 Å². The first-order valence-corrected chi connectivity index (χ1v) is 29.5. The average Bonchev–Trinajstić information content (AvgIpc) is 1.48. The van der Waals surface area contributed by atoms with Gasteiger partial charge in [0.1, 0.15) is 34.4 Å². The molecule has 13 aromatic carbocycles. The highest BCUT2D eigenvalue weighted by atomic mass is 16.3. The van der Waals surface area contributed by atoms with Crippen LogP contribution in [0.3, 0.4) is 0 Å². The number of hydrogen-bond acceptors (Lipinski definition) is 4. The topological polar surface area (TPSA) is 93.6 Å². The number of rotatable bonds is 6. The lowest BCUT2D eigenvalue weighted by molar-refractivity contribution is 0.670. The summed E-state index contributed by atoms with van der Waals surface area (Å²) in [6.45, 7) is 0. The van der Waals surface area contributed by atoms with Gasteiger partial charge in [-0.3, -0.25) is 0 Å². The normalized spacial score (nSPS) is 12.1. The highest BCUT2D eigenvalue weighted by Crippen LogP contribution is 2.52. The van der Waals surface area contributed by atoms with Crippen molar-refractivity contribution >= 4 is 131 Å². The number of fused-ring (bicyclic) bond motifs is 20. The van der Waals surface area contributed by atoms with Crippen molar-refractivity contribution in [1.29, 1.82) is 10.5 Å². The largest absolute Gasteiger partial charge is 0.454 e. The lowest BCUT2D eigenvalue weighted by Crippen LogP contribution is -2.17. The predicted octanol–water partition coefficient (Wildman–Crippen LogP) is 21.0. The first-order valence-electron chi connectivity index (χ1n) is 29.5. The molecule has 6 heterocycles. The van der Waals surface area contributed by atoms with Crippen molar-refractivity contribution in [2.75, 3.05) is 0 Å². The maximum atomic E-state index is 13.0. The van der Waals surface area contributed by atoms with Crippen LogP contribution in [0.4, 0.5) is 0 Å². The molecule has 0 radical (unpaired) electrons. The number of para-hydroxylation sites is 6. The molecule has 6 aromatic heterocycles. The molecule has 19 rings (SSSR count). The molecule has 0 aliphatic heterocycles. The Hall–Kier alpha value is -12.4. The first kappa shape index (κ1) is 48.1. The molecule has 8 heteroatoms.